The summed E-state index contributed by atoms with van der Waals surface area (Å²) in [6, 6.07) is 5.59. The number of halogens is 2. The highest BCUT2D eigenvalue weighted by Gasteiger charge is 2.22. The Bertz CT molecular complexity index is 630. The van der Waals surface area contributed by atoms with Crippen LogP contribution in [0.25, 0.3) is 11.5 Å². The Morgan fingerprint density at radius 2 is 2.29 bits per heavy atom. The van der Waals surface area contributed by atoms with E-state index in [0.29, 0.717) is 24.4 Å². The topological polar surface area (TPSA) is 74.2 Å². The highest BCUT2D eigenvalue weighted by Crippen LogP contribution is 2.29. The quantitative estimate of drug-likeness (QED) is 0.684. The van der Waals surface area contributed by atoms with Crippen molar-refractivity contribution in [2.45, 2.75) is 31.4 Å². The Morgan fingerprint density at radius 1 is 1.48 bits per heavy atom. The van der Waals surface area contributed by atoms with Crippen LogP contribution in [-0.4, -0.2) is 22.9 Å². The molecule has 0 bridgehead atoms. The van der Waals surface area contributed by atoms with E-state index >= 15 is 0 Å². The maximum absolute atomic E-state index is 6.06. The second kappa shape index (κ2) is 6.72. The average Bonchev–Trinajstić information content (AvgIpc) is 2.89. The van der Waals surface area contributed by atoms with E-state index in [1.54, 1.807) is 0 Å². The number of nitrogens with zero attached hydrogens (tertiary/aromatic N) is 2. The molecule has 112 valence electrons. The van der Waals surface area contributed by atoms with Crippen LogP contribution in [0.1, 0.15) is 31.1 Å². The van der Waals surface area contributed by atoms with E-state index in [4.69, 9.17) is 15.0 Å². The standard InChI is InChI=1S/C14H15BrIN3O2/c15-11-5-4-8(16)6-10(11)14-18-13(19-21-14)12(17)7-20-9-2-1-3-9/h4-6,9,12H,1-3,7,17H2. The Balaban J connectivity index is 1.71. The van der Waals surface area contributed by atoms with Crippen LogP contribution in [0.5, 0.6) is 0 Å². The lowest BCUT2D eigenvalue weighted by Crippen LogP contribution is -2.27. The molecule has 1 aromatic carbocycles. The van der Waals surface area contributed by atoms with Gasteiger partial charge in [-0.05, 0) is 76.0 Å². The zero-order valence-electron chi connectivity index (χ0n) is 11.3. The summed E-state index contributed by atoms with van der Waals surface area (Å²) in [6.45, 7) is 0.428. The minimum Gasteiger partial charge on any atom is -0.376 e. The van der Waals surface area contributed by atoms with Gasteiger partial charge >= 0.3 is 0 Å². The van der Waals surface area contributed by atoms with Crippen molar-refractivity contribution < 1.29 is 9.26 Å². The number of hydrogen-bond donors (Lipinski definition) is 1. The minimum atomic E-state index is -0.357. The molecule has 7 heteroatoms. The normalized spacial score (nSPS) is 16.7. The van der Waals surface area contributed by atoms with Crippen LogP contribution in [0.3, 0.4) is 0 Å². The first-order chi connectivity index (χ1) is 10.1. The average molecular weight is 464 g/mol. The first-order valence-corrected chi connectivity index (χ1v) is 8.67. The van der Waals surface area contributed by atoms with Gasteiger partial charge in [0.2, 0.25) is 0 Å². The van der Waals surface area contributed by atoms with Crippen molar-refractivity contribution in [3.63, 3.8) is 0 Å². The molecule has 1 heterocycles. The number of benzene rings is 1. The highest BCUT2D eigenvalue weighted by atomic mass is 127. The minimum absolute atomic E-state index is 0.354. The van der Waals surface area contributed by atoms with Crippen molar-refractivity contribution in [2.75, 3.05) is 6.61 Å². The maximum Gasteiger partial charge on any atom is 0.259 e. The van der Waals surface area contributed by atoms with Gasteiger partial charge < -0.3 is 15.0 Å². The third kappa shape index (κ3) is 3.64. The van der Waals surface area contributed by atoms with Crippen molar-refractivity contribution in [3.05, 3.63) is 32.1 Å². The van der Waals surface area contributed by atoms with Gasteiger partial charge in [0.25, 0.3) is 5.89 Å². The summed E-state index contributed by atoms with van der Waals surface area (Å²) in [4.78, 5) is 4.39. The molecule has 0 spiro atoms. The number of aromatic nitrogens is 2. The Labute approximate surface area is 144 Å². The van der Waals surface area contributed by atoms with Gasteiger partial charge in [-0.3, -0.25) is 0 Å². The number of rotatable bonds is 5. The summed E-state index contributed by atoms with van der Waals surface area (Å²) in [5, 5.41) is 3.97. The van der Waals surface area contributed by atoms with Gasteiger partial charge in [-0.15, -0.1) is 0 Å². The van der Waals surface area contributed by atoms with Gasteiger partial charge in [-0.1, -0.05) is 5.16 Å². The predicted molar refractivity (Wildman–Crippen MR) is 90.7 cm³/mol. The molecule has 2 aromatic rings. The lowest BCUT2D eigenvalue weighted by Gasteiger charge is -2.26. The van der Waals surface area contributed by atoms with Gasteiger partial charge in [-0.25, -0.2) is 0 Å². The zero-order valence-corrected chi connectivity index (χ0v) is 15.0. The molecule has 0 saturated heterocycles. The molecular weight excluding hydrogens is 449 g/mol. The lowest BCUT2D eigenvalue weighted by molar-refractivity contribution is -0.00549. The van der Waals surface area contributed by atoms with Crippen LogP contribution in [0.15, 0.2) is 27.2 Å². The fraction of sp³-hybridized carbons (Fsp3) is 0.429. The lowest BCUT2D eigenvalue weighted by atomic mass is 9.96. The molecule has 3 rings (SSSR count). The van der Waals surface area contributed by atoms with Crippen molar-refractivity contribution in [1.82, 2.24) is 10.1 Å². The molecular formula is C14H15BrIN3O2. The largest absolute Gasteiger partial charge is 0.376 e. The van der Waals surface area contributed by atoms with Crippen LogP contribution in [0.4, 0.5) is 0 Å². The highest BCUT2D eigenvalue weighted by molar-refractivity contribution is 14.1. The van der Waals surface area contributed by atoms with E-state index in [1.165, 1.54) is 6.42 Å². The predicted octanol–water partition coefficient (Wildman–Crippen LogP) is 3.67. The molecule has 1 aliphatic carbocycles. The fourth-order valence-electron chi connectivity index (χ4n) is 2.01. The monoisotopic (exact) mass is 463 g/mol. The third-order valence-electron chi connectivity index (χ3n) is 3.50. The van der Waals surface area contributed by atoms with E-state index in [2.05, 4.69) is 48.7 Å². The smallest absolute Gasteiger partial charge is 0.259 e. The second-order valence-corrected chi connectivity index (χ2v) is 7.17. The molecule has 1 saturated carbocycles. The summed E-state index contributed by atoms with van der Waals surface area (Å²) in [6.07, 6.45) is 3.85. The molecule has 1 aliphatic rings. The first kappa shape index (κ1) is 15.4. The fourth-order valence-corrected chi connectivity index (χ4v) is 2.92. The summed E-state index contributed by atoms with van der Waals surface area (Å²) in [5.41, 5.74) is 6.93. The summed E-state index contributed by atoms with van der Waals surface area (Å²) in [5.74, 6) is 0.949. The van der Waals surface area contributed by atoms with Gasteiger partial charge in [0.1, 0.15) is 0 Å². The van der Waals surface area contributed by atoms with Crippen LogP contribution in [0, 0.1) is 3.57 Å². The SMILES string of the molecule is NC(COC1CCC1)c1noc(-c2cc(I)ccc2Br)n1. The number of nitrogens with two attached hydrogens (primary N) is 1. The second-order valence-electron chi connectivity index (χ2n) is 5.07. The van der Waals surface area contributed by atoms with Crippen molar-refractivity contribution in [3.8, 4) is 11.5 Å². The molecule has 0 aliphatic heterocycles. The summed E-state index contributed by atoms with van der Waals surface area (Å²) in [7, 11) is 0. The van der Waals surface area contributed by atoms with Crippen LogP contribution < -0.4 is 5.73 Å². The summed E-state index contributed by atoms with van der Waals surface area (Å²) < 4.78 is 13.0. The van der Waals surface area contributed by atoms with E-state index in [0.717, 1.165) is 26.4 Å². The van der Waals surface area contributed by atoms with Crippen molar-refractivity contribution in [1.29, 1.82) is 0 Å². The number of hydrogen-bond acceptors (Lipinski definition) is 5. The number of ether oxygens (including phenoxy) is 1. The molecule has 1 fully saturated rings. The first-order valence-electron chi connectivity index (χ1n) is 6.79. The van der Waals surface area contributed by atoms with Gasteiger partial charge in [0, 0.05) is 8.04 Å². The summed E-state index contributed by atoms with van der Waals surface area (Å²) >= 11 is 5.74. The third-order valence-corrected chi connectivity index (χ3v) is 4.86. The molecule has 2 N–H and O–H groups in total. The molecule has 5 nitrogen and oxygen atoms in total. The molecule has 1 aromatic heterocycles. The van der Waals surface area contributed by atoms with Gasteiger partial charge in [-0.2, -0.15) is 4.98 Å². The maximum atomic E-state index is 6.06. The molecule has 1 atom stereocenters. The van der Waals surface area contributed by atoms with E-state index in [1.807, 2.05) is 18.2 Å². The van der Waals surface area contributed by atoms with Crippen LogP contribution in [-0.2, 0) is 4.74 Å². The Kier molecular flexibility index (Phi) is 4.92. The van der Waals surface area contributed by atoms with Crippen LogP contribution in [0.2, 0.25) is 0 Å². The molecule has 0 radical (unpaired) electrons. The zero-order chi connectivity index (χ0) is 14.8. The Hall–Kier alpha value is -0.510. The van der Waals surface area contributed by atoms with Crippen molar-refractivity contribution >= 4 is 38.5 Å². The van der Waals surface area contributed by atoms with Gasteiger partial charge in [0.15, 0.2) is 5.82 Å². The molecule has 1 unspecified atom stereocenters. The Morgan fingerprint density at radius 3 is 3.00 bits per heavy atom. The van der Waals surface area contributed by atoms with E-state index < -0.39 is 0 Å². The van der Waals surface area contributed by atoms with Crippen molar-refractivity contribution in [2.24, 2.45) is 5.73 Å². The van der Waals surface area contributed by atoms with Crippen LogP contribution >= 0.6 is 38.5 Å². The van der Waals surface area contributed by atoms with Gasteiger partial charge in [0.05, 0.1) is 24.3 Å². The van der Waals surface area contributed by atoms with E-state index in [9.17, 15) is 0 Å². The van der Waals surface area contributed by atoms with E-state index in [-0.39, 0.29) is 6.04 Å². The molecule has 0 amide bonds. The molecule has 21 heavy (non-hydrogen) atoms.